The molecule has 1 aromatic rings. The summed E-state index contributed by atoms with van der Waals surface area (Å²) in [6, 6.07) is 3.78. The molecule has 0 aliphatic carbocycles. The third-order valence-electron chi connectivity index (χ3n) is 4.00. The zero-order valence-electron chi connectivity index (χ0n) is 12.6. The minimum absolute atomic E-state index is 0.0818. The highest BCUT2D eigenvalue weighted by atomic mass is 19.4. The molecule has 24 heavy (non-hydrogen) atoms. The molecule has 0 spiro atoms. The highest BCUT2D eigenvalue weighted by Crippen LogP contribution is 2.39. The number of hydrazone groups is 1. The summed E-state index contributed by atoms with van der Waals surface area (Å²) in [5, 5.41) is 3.77. The van der Waals surface area contributed by atoms with Crippen molar-refractivity contribution in [1.29, 1.82) is 0 Å². The number of benzene rings is 1. The van der Waals surface area contributed by atoms with Crippen LogP contribution in [0.1, 0.15) is 24.0 Å². The fourth-order valence-electron chi connectivity index (χ4n) is 2.73. The SMILES string of the molecule is FC1(F)CCN(c2ccc(C3=NCC=NN3)cc2C(F)(F)F)CC1. The second kappa shape index (κ2) is 6.03. The Balaban J connectivity index is 1.93. The lowest BCUT2D eigenvalue weighted by molar-refractivity contribution is -0.137. The summed E-state index contributed by atoms with van der Waals surface area (Å²) in [6.07, 6.45) is -4.00. The zero-order chi connectivity index (χ0) is 17.4. The number of hydrogen-bond acceptors (Lipinski definition) is 4. The van der Waals surface area contributed by atoms with Crippen molar-refractivity contribution in [3.63, 3.8) is 0 Å². The van der Waals surface area contributed by atoms with Gasteiger partial charge in [0.25, 0.3) is 5.92 Å². The van der Waals surface area contributed by atoms with Crippen LogP contribution in [0.25, 0.3) is 0 Å². The molecule has 2 aliphatic rings. The number of nitrogens with one attached hydrogen (secondary N) is 1. The molecule has 0 saturated carbocycles. The first-order valence-corrected chi connectivity index (χ1v) is 7.43. The molecule has 0 bridgehead atoms. The molecular formula is C15H15F5N4. The minimum atomic E-state index is -4.59. The average molecular weight is 346 g/mol. The van der Waals surface area contributed by atoms with E-state index in [0.717, 1.165) is 6.07 Å². The van der Waals surface area contributed by atoms with Crippen LogP contribution < -0.4 is 10.3 Å². The Labute approximate surface area is 135 Å². The largest absolute Gasteiger partial charge is 0.418 e. The van der Waals surface area contributed by atoms with Crippen LogP contribution in [-0.2, 0) is 6.18 Å². The van der Waals surface area contributed by atoms with Gasteiger partial charge in [-0.1, -0.05) is 0 Å². The molecule has 130 valence electrons. The van der Waals surface area contributed by atoms with Gasteiger partial charge >= 0.3 is 6.18 Å². The second-order valence-corrected chi connectivity index (χ2v) is 5.69. The van der Waals surface area contributed by atoms with Gasteiger partial charge in [-0.15, -0.1) is 0 Å². The maximum absolute atomic E-state index is 13.4. The van der Waals surface area contributed by atoms with Crippen molar-refractivity contribution < 1.29 is 22.0 Å². The number of amidine groups is 1. The summed E-state index contributed by atoms with van der Waals surface area (Å²) < 4.78 is 66.8. The van der Waals surface area contributed by atoms with Gasteiger partial charge in [0.1, 0.15) is 5.84 Å². The summed E-state index contributed by atoms with van der Waals surface area (Å²) in [5.74, 6) is -2.56. The van der Waals surface area contributed by atoms with Gasteiger partial charge in [0.15, 0.2) is 0 Å². The van der Waals surface area contributed by atoms with E-state index < -0.39 is 30.5 Å². The van der Waals surface area contributed by atoms with Crippen LogP contribution in [0.15, 0.2) is 28.3 Å². The number of alkyl halides is 5. The number of anilines is 1. The van der Waals surface area contributed by atoms with E-state index >= 15 is 0 Å². The van der Waals surface area contributed by atoms with Gasteiger partial charge in [0.2, 0.25) is 0 Å². The van der Waals surface area contributed by atoms with Crippen LogP contribution in [0.3, 0.4) is 0 Å². The molecule has 0 atom stereocenters. The summed E-state index contributed by atoms with van der Waals surface area (Å²) >= 11 is 0. The van der Waals surface area contributed by atoms with E-state index in [0.29, 0.717) is 0 Å². The molecule has 2 heterocycles. The first-order valence-electron chi connectivity index (χ1n) is 7.43. The number of halogens is 5. The van der Waals surface area contributed by atoms with Gasteiger partial charge in [-0.05, 0) is 18.2 Å². The molecule has 9 heteroatoms. The molecular weight excluding hydrogens is 331 g/mol. The van der Waals surface area contributed by atoms with Gasteiger partial charge in [0.05, 0.1) is 12.1 Å². The molecule has 0 radical (unpaired) electrons. The number of aliphatic imine (C=N–C) groups is 1. The predicted molar refractivity (Wildman–Crippen MR) is 80.9 cm³/mol. The first-order chi connectivity index (χ1) is 11.3. The Hall–Kier alpha value is -2.19. The van der Waals surface area contributed by atoms with Gasteiger partial charge in [0, 0.05) is 43.4 Å². The average Bonchev–Trinajstić information content (AvgIpc) is 2.54. The van der Waals surface area contributed by atoms with E-state index in [4.69, 9.17) is 0 Å². The minimum Gasteiger partial charge on any atom is -0.371 e. The topological polar surface area (TPSA) is 40.0 Å². The molecule has 2 aliphatic heterocycles. The first kappa shape index (κ1) is 16.7. The number of rotatable bonds is 2. The predicted octanol–water partition coefficient (Wildman–Crippen LogP) is 3.28. The quantitative estimate of drug-likeness (QED) is 0.835. The second-order valence-electron chi connectivity index (χ2n) is 5.69. The van der Waals surface area contributed by atoms with Gasteiger partial charge < -0.3 is 4.90 Å². The van der Waals surface area contributed by atoms with E-state index in [-0.39, 0.29) is 36.7 Å². The fraction of sp³-hybridized carbons (Fsp3) is 0.467. The molecule has 1 N–H and O–H groups in total. The van der Waals surface area contributed by atoms with Crippen molar-refractivity contribution in [2.24, 2.45) is 10.1 Å². The fourth-order valence-corrected chi connectivity index (χ4v) is 2.73. The standard InChI is InChI=1S/C15H15F5N4/c16-14(17)3-7-24(8-4-14)12-2-1-10(9-11(12)15(18,19)20)13-21-5-6-22-23-13/h1-2,6,9H,3-5,7-8H2,(H,21,23). The van der Waals surface area contributed by atoms with Crippen molar-refractivity contribution in [2.75, 3.05) is 24.5 Å². The molecule has 0 amide bonds. The molecule has 0 unspecified atom stereocenters. The molecule has 4 nitrogen and oxygen atoms in total. The van der Waals surface area contributed by atoms with E-state index in [2.05, 4.69) is 15.5 Å². The Bertz CT molecular complexity index is 671. The highest BCUT2D eigenvalue weighted by molar-refractivity contribution is 6.01. The van der Waals surface area contributed by atoms with Crippen LogP contribution in [0, 0.1) is 0 Å². The van der Waals surface area contributed by atoms with Crippen molar-refractivity contribution >= 4 is 17.7 Å². The van der Waals surface area contributed by atoms with Crippen LogP contribution in [0.5, 0.6) is 0 Å². The Morgan fingerprint density at radius 2 is 1.83 bits per heavy atom. The van der Waals surface area contributed by atoms with Gasteiger partial charge in [-0.2, -0.15) is 18.3 Å². The lowest BCUT2D eigenvalue weighted by Gasteiger charge is -2.35. The van der Waals surface area contributed by atoms with Crippen molar-refractivity contribution in [3.05, 3.63) is 29.3 Å². The maximum Gasteiger partial charge on any atom is 0.418 e. The summed E-state index contributed by atoms with van der Waals surface area (Å²) in [6.45, 7) is 0.0600. The van der Waals surface area contributed by atoms with Crippen molar-refractivity contribution in [3.8, 4) is 0 Å². The van der Waals surface area contributed by atoms with Crippen LogP contribution in [-0.4, -0.2) is 37.6 Å². The van der Waals surface area contributed by atoms with Crippen LogP contribution >= 0.6 is 0 Å². The molecule has 1 aromatic carbocycles. The van der Waals surface area contributed by atoms with E-state index in [1.165, 1.54) is 23.2 Å². The molecule has 3 rings (SSSR count). The van der Waals surface area contributed by atoms with Crippen LogP contribution in [0.2, 0.25) is 0 Å². The third-order valence-corrected chi connectivity index (χ3v) is 4.00. The van der Waals surface area contributed by atoms with Crippen molar-refractivity contribution in [2.45, 2.75) is 24.9 Å². The number of hydrogen-bond donors (Lipinski definition) is 1. The van der Waals surface area contributed by atoms with Crippen molar-refractivity contribution in [1.82, 2.24) is 5.43 Å². The number of nitrogens with zero attached hydrogens (tertiary/aromatic N) is 3. The van der Waals surface area contributed by atoms with E-state index in [1.807, 2.05) is 0 Å². The summed E-state index contributed by atoms with van der Waals surface area (Å²) in [4.78, 5) is 5.42. The summed E-state index contributed by atoms with van der Waals surface area (Å²) in [7, 11) is 0. The lowest BCUT2D eigenvalue weighted by Crippen LogP contribution is -2.40. The summed E-state index contributed by atoms with van der Waals surface area (Å²) in [5.41, 5.74) is 1.88. The van der Waals surface area contributed by atoms with Gasteiger partial charge in [-0.3, -0.25) is 10.4 Å². The molecule has 0 aromatic heterocycles. The third kappa shape index (κ3) is 3.49. The number of piperidine rings is 1. The van der Waals surface area contributed by atoms with E-state index in [9.17, 15) is 22.0 Å². The molecule has 1 saturated heterocycles. The normalized spacial score (nSPS) is 20.5. The van der Waals surface area contributed by atoms with Gasteiger partial charge in [-0.25, -0.2) is 8.78 Å². The monoisotopic (exact) mass is 346 g/mol. The highest BCUT2D eigenvalue weighted by Gasteiger charge is 2.39. The Morgan fingerprint density at radius 1 is 1.12 bits per heavy atom. The Kier molecular flexibility index (Phi) is 4.18. The lowest BCUT2D eigenvalue weighted by atomic mass is 10.0. The molecule has 1 fully saturated rings. The maximum atomic E-state index is 13.4. The zero-order valence-corrected chi connectivity index (χ0v) is 12.6. The van der Waals surface area contributed by atoms with Crippen LogP contribution in [0.4, 0.5) is 27.6 Å². The Morgan fingerprint density at radius 3 is 2.42 bits per heavy atom. The smallest absolute Gasteiger partial charge is 0.371 e. The van der Waals surface area contributed by atoms with E-state index in [1.54, 1.807) is 0 Å².